The summed E-state index contributed by atoms with van der Waals surface area (Å²) >= 11 is 0. The predicted octanol–water partition coefficient (Wildman–Crippen LogP) is 1.74. The Labute approximate surface area is 91.1 Å². The summed E-state index contributed by atoms with van der Waals surface area (Å²) in [6, 6.07) is 0. The summed E-state index contributed by atoms with van der Waals surface area (Å²) in [5.41, 5.74) is 0. The predicted molar refractivity (Wildman–Crippen MR) is 45.1 cm³/mol. The molecule has 0 heterocycles. The molecule has 13 heavy (non-hydrogen) atoms. The molecule has 0 radical (unpaired) electrons. The Hall–Kier alpha value is -0.437. The number of aliphatic carboxylic acids is 2. The zero-order valence-electron chi connectivity index (χ0n) is 8.25. The van der Waals surface area contributed by atoms with Gasteiger partial charge in [0.25, 0.3) is 0 Å². The van der Waals surface area contributed by atoms with Crippen LogP contribution in [0.1, 0.15) is 39.5 Å². The molecule has 0 aliphatic heterocycles. The number of rotatable bonds is 4. The fourth-order valence-corrected chi connectivity index (χ4v) is 0.428. The third kappa shape index (κ3) is 34.2. The van der Waals surface area contributed by atoms with E-state index in [4.69, 9.17) is 10.2 Å². The maximum Gasteiger partial charge on any atom is 0.303 e. The zero-order valence-corrected chi connectivity index (χ0v) is 11.2. The molecule has 0 spiro atoms. The number of carbonyl (C=O) groups is 2. The number of hydrogen-bond donors (Lipinski definition) is 2. The first kappa shape index (κ1) is 18.4. The van der Waals surface area contributed by atoms with E-state index in [0.29, 0.717) is 12.8 Å². The molecule has 0 aromatic rings. The standard InChI is InChI=1S/2C4H8O2.Zn/c2*1-2-3-4(5)6;/h2*2-3H2,1H3,(H,5,6);. The van der Waals surface area contributed by atoms with Gasteiger partial charge >= 0.3 is 11.9 Å². The van der Waals surface area contributed by atoms with Gasteiger partial charge in [0.15, 0.2) is 0 Å². The van der Waals surface area contributed by atoms with Crippen LogP contribution in [-0.4, -0.2) is 22.2 Å². The van der Waals surface area contributed by atoms with Gasteiger partial charge in [-0.15, -0.1) is 0 Å². The Morgan fingerprint density at radius 2 is 1.15 bits per heavy atom. The average molecular weight is 242 g/mol. The summed E-state index contributed by atoms with van der Waals surface area (Å²) in [6.45, 7) is 3.68. The first-order valence-electron chi connectivity index (χ1n) is 3.98. The third-order valence-corrected chi connectivity index (χ3v) is 0.928. The van der Waals surface area contributed by atoms with Gasteiger partial charge in [-0.05, 0) is 12.8 Å². The van der Waals surface area contributed by atoms with Crippen LogP contribution in [0.4, 0.5) is 0 Å². The van der Waals surface area contributed by atoms with Crippen molar-refractivity contribution in [1.82, 2.24) is 0 Å². The fraction of sp³-hybridized carbons (Fsp3) is 0.750. The minimum absolute atomic E-state index is 0. The van der Waals surface area contributed by atoms with Crippen LogP contribution in [0.2, 0.25) is 0 Å². The summed E-state index contributed by atoms with van der Waals surface area (Å²) in [7, 11) is 0. The molecule has 0 amide bonds. The molecule has 0 rings (SSSR count). The molecule has 0 unspecified atom stereocenters. The van der Waals surface area contributed by atoms with Crippen molar-refractivity contribution in [2.24, 2.45) is 0 Å². The Balaban J connectivity index is -0.000000143. The van der Waals surface area contributed by atoms with Crippen LogP contribution in [0.25, 0.3) is 0 Å². The molecular formula is C8H16O4Zn. The molecule has 0 saturated heterocycles. The van der Waals surface area contributed by atoms with Gasteiger partial charge in [-0.3, -0.25) is 9.59 Å². The second-order valence-corrected chi connectivity index (χ2v) is 2.29. The van der Waals surface area contributed by atoms with E-state index in [0.717, 1.165) is 12.8 Å². The molecule has 0 bridgehead atoms. The molecular weight excluding hydrogens is 225 g/mol. The minimum Gasteiger partial charge on any atom is -0.481 e. The van der Waals surface area contributed by atoms with Crippen LogP contribution in [-0.2, 0) is 29.1 Å². The number of carboxylic acid groups (broad SMARTS) is 2. The van der Waals surface area contributed by atoms with E-state index in [1.54, 1.807) is 0 Å². The van der Waals surface area contributed by atoms with Crippen LogP contribution in [0.3, 0.4) is 0 Å². The van der Waals surface area contributed by atoms with Gasteiger partial charge in [-0.25, -0.2) is 0 Å². The third-order valence-electron chi connectivity index (χ3n) is 0.928. The maximum atomic E-state index is 9.60. The van der Waals surface area contributed by atoms with Crippen molar-refractivity contribution in [3.63, 3.8) is 0 Å². The average Bonchev–Trinajstić information content (AvgIpc) is 1.87. The van der Waals surface area contributed by atoms with Crippen molar-refractivity contribution in [3.8, 4) is 0 Å². The van der Waals surface area contributed by atoms with E-state index in [1.165, 1.54) is 0 Å². The molecule has 0 aliphatic rings. The quantitative estimate of drug-likeness (QED) is 0.735. The van der Waals surface area contributed by atoms with Gasteiger partial charge in [0.1, 0.15) is 0 Å². The first-order valence-corrected chi connectivity index (χ1v) is 3.98. The molecule has 74 valence electrons. The Morgan fingerprint density at radius 1 is 0.923 bits per heavy atom. The summed E-state index contributed by atoms with van der Waals surface area (Å²) in [4.78, 5) is 19.2. The summed E-state index contributed by atoms with van der Waals surface area (Å²) in [5, 5.41) is 15.8. The van der Waals surface area contributed by atoms with E-state index in [9.17, 15) is 9.59 Å². The second kappa shape index (κ2) is 14.1. The van der Waals surface area contributed by atoms with Gasteiger partial charge in [-0.1, -0.05) is 13.8 Å². The van der Waals surface area contributed by atoms with Gasteiger partial charge in [0.05, 0.1) is 0 Å². The Morgan fingerprint density at radius 3 is 1.15 bits per heavy atom. The molecule has 0 atom stereocenters. The number of carboxylic acids is 2. The molecule has 4 nitrogen and oxygen atoms in total. The SMILES string of the molecule is CCCC(=O)O.CCCC(=O)O.[Zn]. The minimum atomic E-state index is -0.711. The van der Waals surface area contributed by atoms with Gasteiger partial charge < -0.3 is 10.2 Å². The van der Waals surface area contributed by atoms with Crippen molar-refractivity contribution in [2.45, 2.75) is 39.5 Å². The van der Waals surface area contributed by atoms with E-state index in [2.05, 4.69) is 0 Å². The molecule has 0 saturated carbocycles. The van der Waals surface area contributed by atoms with E-state index in [1.807, 2.05) is 13.8 Å². The van der Waals surface area contributed by atoms with E-state index >= 15 is 0 Å². The van der Waals surface area contributed by atoms with Gasteiger partial charge in [0, 0.05) is 32.3 Å². The van der Waals surface area contributed by atoms with Crippen LogP contribution in [0.15, 0.2) is 0 Å². The van der Waals surface area contributed by atoms with Crippen LogP contribution in [0, 0.1) is 0 Å². The monoisotopic (exact) mass is 240 g/mol. The largest absolute Gasteiger partial charge is 0.481 e. The normalized spacial score (nSPS) is 7.54. The van der Waals surface area contributed by atoms with Gasteiger partial charge in [-0.2, -0.15) is 0 Å². The molecule has 0 aromatic carbocycles. The van der Waals surface area contributed by atoms with Crippen molar-refractivity contribution in [3.05, 3.63) is 0 Å². The number of hydrogen-bond acceptors (Lipinski definition) is 2. The molecule has 2 N–H and O–H groups in total. The van der Waals surface area contributed by atoms with Crippen LogP contribution in [0.5, 0.6) is 0 Å². The smallest absolute Gasteiger partial charge is 0.303 e. The van der Waals surface area contributed by atoms with Crippen molar-refractivity contribution in [2.75, 3.05) is 0 Å². The topological polar surface area (TPSA) is 74.6 Å². The van der Waals surface area contributed by atoms with Crippen molar-refractivity contribution >= 4 is 11.9 Å². The van der Waals surface area contributed by atoms with Crippen LogP contribution >= 0.6 is 0 Å². The molecule has 0 aromatic heterocycles. The summed E-state index contributed by atoms with van der Waals surface area (Å²) in [5.74, 6) is -1.42. The molecule has 0 fully saturated rings. The van der Waals surface area contributed by atoms with Gasteiger partial charge in [0.2, 0.25) is 0 Å². The molecule has 0 aliphatic carbocycles. The van der Waals surface area contributed by atoms with Crippen molar-refractivity contribution in [1.29, 1.82) is 0 Å². The van der Waals surface area contributed by atoms with Crippen LogP contribution < -0.4 is 0 Å². The van der Waals surface area contributed by atoms with Crippen molar-refractivity contribution < 1.29 is 39.3 Å². The second-order valence-electron chi connectivity index (χ2n) is 2.29. The fourth-order valence-electron chi connectivity index (χ4n) is 0.428. The maximum absolute atomic E-state index is 9.60. The zero-order chi connectivity index (χ0) is 9.98. The van der Waals surface area contributed by atoms with E-state index in [-0.39, 0.29) is 19.5 Å². The van der Waals surface area contributed by atoms with E-state index < -0.39 is 11.9 Å². The Bertz CT molecular complexity index is 120. The molecule has 5 heteroatoms. The first-order chi connectivity index (χ1) is 5.54. The summed E-state index contributed by atoms with van der Waals surface area (Å²) < 4.78 is 0. The summed E-state index contributed by atoms with van der Waals surface area (Å²) in [6.07, 6.45) is 2.05. The Kier molecular flexibility index (Phi) is 19.9.